The fraction of sp³-hybridized carbons (Fsp3) is 0.250. The molecule has 110 valence electrons. The van der Waals surface area contributed by atoms with Gasteiger partial charge in [0.05, 0.1) is 11.2 Å². The molecule has 1 N–H and O–H groups in total. The maximum Gasteiger partial charge on any atom is 0.0726 e. The van der Waals surface area contributed by atoms with Crippen molar-refractivity contribution in [3.05, 3.63) is 65.4 Å². The van der Waals surface area contributed by atoms with Crippen molar-refractivity contribution in [1.29, 1.82) is 0 Å². The van der Waals surface area contributed by atoms with Crippen LogP contribution in [0.1, 0.15) is 30.2 Å². The predicted octanol–water partition coefficient (Wildman–Crippen LogP) is 5.03. The molecule has 0 bridgehead atoms. The summed E-state index contributed by atoms with van der Waals surface area (Å²) in [6.45, 7) is 2.20. The van der Waals surface area contributed by atoms with Gasteiger partial charge in [0.1, 0.15) is 0 Å². The van der Waals surface area contributed by atoms with Crippen LogP contribution in [0.2, 0.25) is 0 Å². The number of nitrogens with one attached hydrogen (secondary N) is 1. The minimum absolute atomic E-state index is 1.04. The average Bonchev–Trinajstić information content (AvgIpc) is 3.03. The smallest absolute Gasteiger partial charge is 0.0726 e. The van der Waals surface area contributed by atoms with Gasteiger partial charge < -0.3 is 5.32 Å². The fourth-order valence-corrected chi connectivity index (χ4v) is 3.44. The van der Waals surface area contributed by atoms with Crippen LogP contribution in [-0.4, -0.2) is 4.98 Å². The summed E-state index contributed by atoms with van der Waals surface area (Å²) in [7, 11) is 0. The van der Waals surface area contributed by atoms with E-state index in [2.05, 4.69) is 60.8 Å². The number of fused-ring (bicyclic) bond motifs is 2. The molecule has 0 fully saturated rings. The Balaban J connectivity index is 1.91. The Labute approximate surface area is 131 Å². The monoisotopic (exact) mass is 288 g/mol. The van der Waals surface area contributed by atoms with Crippen LogP contribution in [0.3, 0.4) is 0 Å². The molecule has 0 spiro atoms. The molecule has 22 heavy (non-hydrogen) atoms. The zero-order valence-electron chi connectivity index (χ0n) is 12.9. The molecule has 0 amide bonds. The summed E-state index contributed by atoms with van der Waals surface area (Å²) in [5.74, 6) is 0. The van der Waals surface area contributed by atoms with Gasteiger partial charge in [-0.05, 0) is 48.9 Å². The molecule has 1 heterocycles. The van der Waals surface area contributed by atoms with Gasteiger partial charge >= 0.3 is 0 Å². The van der Waals surface area contributed by atoms with E-state index in [-0.39, 0.29) is 0 Å². The first kappa shape index (κ1) is 13.3. The van der Waals surface area contributed by atoms with E-state index in [9.17, 15) is 0 Å². The lowest BCUT2D eigenvalue weighted by atomic mass is 10.0. The first-order valence-corrected chi connectivity index (χ1v) is 8.12. The maximum atomic E-state index is 4.86. The van der Waals surface area contributed by atoms with E-state index in [0.29, 0.717) is 0 Å². The SMILES string of the molecule is CCc1ccccc1Nc1c2c(nc3ccccc13)CCC2. The summed E-state index contributed by atoms with van der Waals surface area (Å²) >= 11 is 0. The van der Waals surface area contributed by atoms with E-state index in [0.717, 1.165) is 24.8 Å². The number of nitrogens with zero attached hydrogens (tertiary/aromatic N) is 1. The van der Waals surface area contributed by atoms with Gasteiger partial charge in [0.25, 0.3) is 0 Å². The molecule has 4 rings (SSSR count). The number of rotatable bonds is 3. The zero-order valence-corrected chi connectivity index (χ0v) is 12.9. The number of anilines is 2. The first-order chi connectivity index (χ1) is 10.9. The van der Waals surface area contributed by atoms with E-state index < -0.39 is 0 Å². The van der Waals surface area contributed by atoms with Crippen molar-refractivity contribution in [1.82, 2.24) is 4.98 Å². The van der Waals surface area contributed by atoms with Gasteiger partial charge in [-0.25, -0.2) is 0 Å². The second kappa shape index (κ2) is 5.45. The van der Waals surface area contributed by atoms with Crippen molar-refractivity contribution in [2.24, 2.45) is 0 Å². The van der Waals surface area contributed by atoms with Gasteiger partial charge in [-0.2, -0.15) is 0 Å². The molecule has 2 nitrogen and oxygen atoms in total. The largest absolute Gasteiger partial charge is 0.354 e. The maximum absolute atomic E-state index is 4.86. The lowest BCUT2D eigenvalue weighted by Crippen LogP contribution is -2.01. The summed E-state index contributed by atoms with van der Waals surface area (Å²) in [5.41, 5.74) is 7.61. The highest BCUT2D eigenvalue weighted by Gasteiger charge is 2.19. The molecule has 2 heteroatoms. The third kappa shape index (κ3) is 2.16. The Morgan fingerprint density at radius 1 is 1.00 bits per heavy atom. The van der Waals surface area contributed by atoms with Crippen molar-refractivity contribution in [2.75, 3.05) is 5.32 Å². The van der Waals surface area contributed by atoms with E-state index >= 15 is 0 Å². The van der Waals surface area contributed by atoms with Crippen LogP contribution in [0.25, 0.3) is 10.9 Å². The molecular weight excluding hydrogens is 268 g/mol. The van der Waals surface area contributed by atoms with E-state index in [1.165, 1.54) is 40.0 Å². The molecule has 1 aromatic heterocycles. The highest BCUT2D eigenvalue weighted by atomic mass is 14.9. The molecule has 2 aromatic carbocycles. The Hall–Kier alpha value is -2.35. The zero-order chi connectivity index (χ0) is 14.9. The van der Waals surface area contributed by atoms with E-state index in [4.69, 9.17) is 4.98 Å². The Kier molecular flexibility index (Phi) is 3.30. The lowest BCUT2D eigenvalue weighted by molar-refractivity contribution is 0.901. The number of aromatic nitrogens is 1. The van der Waals surface area contributed by atoms with Gasteiger partial charge in [0, 0.05) is 16.8 Å². The van der Waals surface area contributed by atoms with Crippen LogP contribution < -0.4 is 5.32 Å². The number of hydrogen-bond donors (Lipinski definition) is 1. The molecule has 0 saturated heterocycles. The Morgan fingerprint density at radius 3 is 2.73 bits per heavy atom. The minimum Gasteiger partial charge on any atom is -0.354 e. The van der Waals surface area contributed by atoms with Crippen LogP contribution in [0.5, 0.6) is 0 Å². The van der Waals surface area contributed by atoms with Crippen molar-refractivity contribution >= 4 is 22.3 Å². The van der Waals surface area contributed by atoms with Crippen LogP contribution in [0.15, 0.2) is 48.5 Å². The second-order valence-corrected chi connectivity index (χ2v) is 5.92. The molecule has 0 saturated carbocycles. The molecule has 0 atom stereocenters. The number of pyridine rings is 1. The Morgan fingerprint density at radius 2 is 1.82 bits per heavy atom. The van der Waals surface area contributed by atoms with Gasteiger partial charge in [0.15, 0.2) is 0 Å². The molecule has 3 aromatic rings. The third-order valence-corrected chi connectivity index (χ3v) is 4.58. The molecular formula is C20H20N2. The molecule has 0 unspecified atom stereocenters. The highest BCUT2D eigenvalue weighted by molar-refractivity contribution is 5.95. The summed E-state index contributed by atoms with van der Waals surface area (Å²) in [6.07, 6.45) is 4.48. The summed E-state index contributed by atoms with van der Waals surface area (Å²) in [5, 5.41) is 4.96. The summed E-state index contributed by atoms with van der Waals surface area (Å²) in [6, 6.07) is 17.1. The van der Waals surface area contributed by atoms with Gasteiger partial charge in [-0.1, -0.05) is 43.3 Å². The summed E-state index contributed by atoms with van der Waals surface area (Å²) in [4.78, 5) is 4.86. The topological polar surface area (TPSA) is 24.9 Å². The molecule has 0 radical (unpaired) electrons. The number of aryl methyl sites for hydroxylation is 2. The van der Waals surface area contributed by atoms with Crippen molar-refractivity contribution in [3.63, 3.8) is 0 Å². The number of hydrogen-bond acceptors (Lipinski definition) is 2. The molecule has 0 aliphatic heterocycles. The third-order valence-electron chi connectivity index (χ3n) is 4.58. The number of benzene rings is 2. The van der Waals surface area contributed by atoms with E-state index in [1.54, 1.807) is 0 Å². The van der Waals surface area contributed by atoms with Crippen molar-refractivity contribution in [2.45, 2.75) is 32.6 Å². The lowest BCUT2D eigenvalue weighted by Gasteiger charge is -2.16. The minimum atomic E-state index is 1.04. The molecule has 1 aliphatic carbocycles. The molecule has 1 aliphatic rings. The normalized spacial score (nSPS) is 13.3. The van der Waals surface area contributed by atoms with Crippen LogP contribution in [0.4, 0.5) is 11.4 Å². The number of para-hydroxylation sites is 2. The first-order valence-electron chi connectivity index (χ1n) is 8.12. The summed E-state index contributed by atoms with van der Waals surface area (Å²) < 4.78 is 0. The van der Waals surface area contributed by atoms with Crippen LogP contribution in [-0.2, 0) is 19.3 Å². The van der Waals surface area contributed by atoms with Gasteiger partial charge in [-0.3, -0.25) is 4.98 Å². The standard InChI is InChI=1S/C20H20N2/c1-2-14-8-3-5-11-17(14)22-20-15-9-4-6-12-18(15)21-19-13-7-10-16(19)20/h3-6,8-9,11-12H,2,7,10,13H2,1H3,(H,21,22). The quantitative estimate of drug-likeness (QED) is 0.731. The van der Waals surface area contributed by atoms with Crippen LogP contribution >= 0.6 is 0 Å². The fourth-order valence-electron chi connectivity index (χ4n) is 3.44. The van der Waals surface area contributed by atoms with Crippen LogP contribution in [0, 0.1) is 0 Å². The highest BCUT2D eigenvalue weighted by Crippen LogP contribution is 2.36. The van der Waals surface area contributed by atoms with Crippen molar-refractivity contribution < 1.29 is 0 Å². The second-order valence-electron chi connectivity index (χ2n) is 5.92. The van der Waals surface area contributed by atoms with Gasteiger partial charge in [-0.15, -0.1) is 0 Å². The predicted molar refractivity (Wildman–Crippen MR) is 92.9 cm³/mol. The van der Waals surface area contributed by atoms with Crippen molar-refractivity contribution in [3.8, 4) is 0 Å². The van der Waals surface area contributed by atoms with E-state index in [1.807, 2.05) is 0 Å². The Bertz CT molecular complexity index is 836. The average molecular weight is 288 g/mol. The van der Waals surface area contributed by atoms with Gasteiger partial charge in [0.2, 0.25) is 0 Å².